The molecule has 1 aromatic carbocycles. The molecule has 0 amide bonds. The Balaban J connectivity index is 1.92. The lowest BCUT2D eigenvalue weighted by molar-refractivity contribution is 0.312. The molecular weight excluding hydrogens is 296 g/mol. The quantitative estimate of drug-likeness (QED) is 0.789. The van der Waals surface area contributed by atoms with Crippen LogP contribution in [0.25, 0.3) is 22.8 Å². The zero-order valence-electron chi connectivity index (χ0n) is 14.2. The van der Waals surface area contributed by atoms with Crippen molar-refractivity contribution in [3.63, 3.8) is 0 Å². The highest BCUT2D eigenvalue weighted by molar-refractivity contribution is 5.90. The van der Waals surface area contributed by atoms with Crippen LogP contribution in [-0.4, -0.2) is 28.0 Å². The van der Waals surface area contributed by atoms with E-state index in [0.29, 0.717) is 0 Å². The van der Waals surface area contributed by atoms with Gasteiger partial charge < -0.3 is 15.2 Å². The summed E-state index contributed by atoms with van der Waals surface area (Å²) in [6.07, 6.45) is 6.66. The summed E-state index contributed by atoms with van der Waals surface area (Å²) in [5.41, 5.74) is 13.5. The predicted molar refractivity (Wildman–Crippen MR) is 99.3 cm³/mol. The fraction of sp³-hybridized carbons (Fsp3) is 0.250. The molecule has 4 heteroatoms. The van der Waals surface area contributed by atoms with E-state index in [0.717, 1.165) is 30.8 Å². The molecule has 2 aromatic heterocycles. The van der Waals surface area contributed by atoms with Crippen molar-refractivity contribution in [2.45, 2.75) is 19.9 Å². The molecule has 0 bridgehead atoms. The van der Waals surface area contributed by atoms with Crippen molar-refractivity contribution >= 4 is 22.8 Å². The van der Waals surface area contributed by atoms with Gasteiger partial charge in [-0.2, -0.15) is 0 Å². The number of benzene rings is 1. The van der Waals surface area contributed by atoms with E-state index in [9.17, 15) is 0 Å². The third-order valence-corrected chi connectivity index (χ3v) is 4.82. The second-order valence-corrected chi connectivity index (χ2v) is 6.62. The van der Waals surface area contributed by atoms with Crippen LogP contribution in [0.5, 0.6) is 0 Å². The molecule has 2 N–H and O–H groups in total. The van der Waals surface area contributed by atoms with Gasteiger partial charge in [0, 0.05) is 54.7 Å². The first kappa shape index (κ1) is 15.0. The van der Waals surface area contributed by atoms with Gasteiger partial charge in [-0.05, 0) is 43.8 Å². The number of rotatable bonds is 2. The summed E-state index contributed by atoms with van der Waals surface area (Å²) in [4.78, 5) is 6.45. The van der Waals surface area contributed by atoms with Crippen LogP contribution in [0, 0.1) is 6.92 Å². The molecule has 0 atom stereocenters. The number of hydrogen-bond acceptors (Lipinski definition) is 3. The zero-order valence-corrected chi connectivity index (χ0v) is 14.2. The lowest BCUT2D eigenvalue weighted by Crippen LogP contribution is -2.26. The van der Waals surface area contributed by atoms with Crippen molar-refractivity contribution in [1.29, 1.82) is 0 Å². The van der Waals surface area contributed by atoms with Crippen molar-refractivity contribution in [3.05, 3.63) is 65.1 Å². The lowest BCUT2D eigenvalue weighted by Gasteiger charge is -2.23. The summed E-state index contributed by atoms with van der Waals surface area (Å²) in [6, 6.07) is 10.6. The predicted octanol–water partition coefficient (Wildman–Crippen LogP) is 3.25. The van der Waals surface area contributed by atoms with Gasteiger partial charge in [-0.15, -0.1) is 0 Å². The largest absolute Gasteiger partial charge is 0.397 e. The Labute approximate surface area is 142 Å². The first-order chi connectivity index (χ1) is 11.6. The average Bonchev–Trinajstić information content (AvgIpc) is 2.88. The lowest BCUT2D eigenvalue weighted by atomic mass is 10.0. The van der Waals surface area contributed by atoms with Gasteiger partial charge in [0.25, 0.3) is 0 Å². The summed E-state index contributed by atoms with van der Waals surface area (Å²) >= 11 is 0. The van der Waals surface area contributed by atoms with Gasteiger partial charge in [0.2, 0.25) is 0 Å². The molecule has 24 heavy (non-hydrogen) atoms. The second-order valence-electron chi connectivity index (χ2n) is 6.62. The van der Waals surface area contributed by atoms with Crippen molar-refractivity contribution < 1.29 is 0 Å². The molecule has 0 fully saturated rings. The van der Waals surface area contributed by atoms with Crippen LogP contribution in [0.4, 0.5) is 0 Å². The summed E-state index contributed by atoms with van der Waals surface area (Å²) in [5, 5.41) is 1.34. The Morgan fingerprint density at radius 1 is 1.21 bits per heavy atom. The monoisotopic (exact) mass is 318 g/mol. The highest BCUT2D eigenvalue weighted by atomic mass is 15.1. The SMILES string of the molecule is Cc1ccc2c(c1)c1c(n2/C=C(\N)c2ccncc2)CCN(C)C1. The molecule has 1 aliphatic heterocycles. The molecule has 122 valence electrons. The molecule has 1 aliphatic rings. The normalized spacial score (nSPS) is 15.7. The molecule has 0 spiro atoms. The highest BCUT2D eigenvalue weighted by Crippen LogP contribution is 2.32. The van der Waals surface area contributed by atoms with Gasteiger partial charge in [0.1, 0.15) is 0 Å². The minimum atomic E-state index is 0.761. The van der Waals surface area contributed by atoms with Crippen LogP contribution in [0.1, 0.15) is 22.4 Å². The molecule has 0 aliphatic carbocycles. The number of nitrogens with zero attached hydrogens (tertiary/aromatic N) is 3. The standard InChI is InChI=1S/C20H22N4/c1-14-3-4-19-16(11-14)17-12-23(2)10-7-20(17)24(19)13-18(21)15-5-8-22-9-6-15/h3-6,8-9,11,13H,7,10,12,21H2,1-2H3/b18-13-. The Bertz CT molecular complexity index is 922. The third-order valence-electron chi connectivity index (χ3n) is 4.82. The van der Waals surface area contributed by atoms with E-state index in [-0.39, 0.29) is 0 Å². The Kier molecular flexibility index (Phi) is 3.62. The third kappa shape index (κ3) is 2.49. The molecule has 0 saturated carbocycles. The summed E-state index contributed by atoms with van der Waals surface area (Å²) in [6.45, 7) is 4.22. The minimum absolute atomic E-state index is 0.761. The van der Waals surface area contributed by atoms with Gasteiger partial charge in [-0.1, -0.05) is 11.6 Å². The van der Waals surface area contributed by atoms with E-state index in [1.807, 2.05) is 12.1 Å². The van der Waals surface area contributed by atoms with E-state index in [4.69, 9.17) is 5.73 Å². The maximum Gasteiger partial charge on any atom is 0.0557 e. The van der Waals surface area contributed by atoms with Crippen LogP contribution in [-0.2, 0) is 13.0 Å². The number of aryl methyl sites for hydroxylation is 1. The first-order valence-electron chi connectivity index (χ1n) is 8.32. The van der Waals surface area contributed by atoms with Crippen molar-refractivity contribution in [2.75, 3.05) is 13.6 Å². The summed E-state index contributed by atoms with van der Waals surface area (Å²) in [5.74, 6) is 0. The van der Waals surface area contributed by atoms with E-state index >= 15 is 0 Å². The van der Waals surface area contributed by atoms with E-state index < -0.39 is 0 Å². The molecule has 0 radical (unpaired) electrons. The molecule has 4 nitrogen and oxygen atoms in total. The van der Waals surface area contributed by atoms with Crippen LogP contribution in [0.2, 0.25) is 0 Å². The van der Waals surface area contributed by atoms with Crippen molar-refractivity contribution in [2.24, 2.45) is 5.73 Å². The smallest absolute Gasteiger partial charge is 0.0557 e. The number of hydrogen-bond donors (Lipinski definition) is 1. The van der Waals surface area contributed by atoms with Crippen LogP contribution >= 0.6 is 0 Å². The zero-order chi connectivity index (χ0) is 16.7. The number of likely N-dealkylation sites (N-methyl/N-ethyl adjacent to an activating group) is 1. The van der Waals surface area contributed by atoms with Crippen LogP contribution in [0.15, 0.2) is 42.7 Å². The summed E-state index contributed by atoms with van der Waals surface area (Å²) in [7, 11) is 2.18. The highest BCUT2D eigenvalue weighted by Gasteiger charge is 2.21. The molecule has 0 unspecified atom stereocenters. The van der Waals surface area contributed by atoms with Crippen LogP contribution < -0.4 is 5.73 Å². The fourth-order valence-corrected chi connectivity index (χ4v) is 3.55. The minimum Gasteiger partial charge on any atom is -0.397 e. The Morgan fingerprint density at radius 2 is 2.00 bits per heavy atom. The van der Waals surface area contributed by atoms with Gasteiger partial charge in [-0.25, -0.2) is 0 Å². The van der Waals surface area contributed by atoms with E-state index in [2.05, 4.69) is 52.8 Å². The van der Waals surface area contributed by atoms with Gasteiger partial charge in [0.05, 0.1) is 11.2 Å². The van der Waals surface area contributed by atoms with Crippen molar-refractivity contribution in [1.82, 2.24) is 14.5 Å². The van der Waals surface area contributed by atoms with E-state index in [1.165, 1.54) is 27.7 Å². The van der Waals surface area contributed by atoms with E-state index in [1.54, 1.807) is 12.4 Å². The molecule has 4 rings (SSSR count). The second kappa shape index (κ2) is 5.80. The van der Waals surface area contributed by atoms with Crippen molar-refractivity contribution in [3.8, 4) is 0 Å². The maximum absolute atomic E-state index is 6.37. The summed E-state index contributed by atoms with van der Waals surface area (Å²) < 4.78 is 2.28. The van der Waals surface area contributed by atoms with Gasteiger partial charge >= 0.3 is 0 Å². The number of fused-ring (bicyclic) bond motifs is 3. The Morgan fingerprint density at radius 3 is 2.79 bits per heavy atom. The number of pyridine rings is 1. The molecule has 0 saturated heterocycles. The Hall–Kier alpha value is -2.59. The fourth-order valence-electron chi connectivity index (χ4n) is 3.55. The van der Waals surface area contributed by atoms with Gasteiger partial charge in [0.15, 0.2) is 0 Å². The molecule has 3 heterocycles. The van der Waals surface area contributed by atoms with Crippen LogP contribution in [0.3, 0.4) is 0 Å². The first-order valence-corrected chi connectivity index (χ1v) is 8.32. The molecular formula is C20H22N4. The average molecular weight is 318 g/mol. The number of aromatic nitrogens is 2. The number of nitrogens with two attached hydrogens (primary N) is 1. The molecule has 3 aromatic rings. The van der Waals surface area contributed by atoms with Gasteiger partial charge in [-0.3, -0.25) is 4.98 Å². The topological polar surface area (TPSA) is 47.1 Å². The maximum atomic E-state index is 6.37.